The molecule has 6 heteroatoms. The average molecular weight is 305 g/mol. The topological polar surface area (TPSA) is 30.5 Å². The maximum Gasteiger partial charge on any atom is 0.416 e. The first-order valence-electron chi connectivity index (χ1n) is 7.05. The molecule has 1 N–H and O–H groups in total. The van der Waals surface area contributed by atoms with Crippen molar-refractivity contribution >= 4 is 0 Å². The van der Waals surface area contributed by atoms with E-state index in [-0.39, 0.29) is 6.04 Å². The Labute approximate surface area is 123 Å². The molecule has 120 valence electrons. The molecule has 21 heavy (non-hydrogen) atoms. The maximum atomic E-state index is 12.7. The standard InChI is InChI=1S/C15H22F3NO2/c1-3-19-14(11-21-9-8-20-4-2)12-6-5-7-13(10-12)15(16,17)18/h5-7,10,14,19H,3-4,8-9,11H2,1-2H3. The number of alkyl halides is 3. The van der Waals surface area contributed by atoms with E-state index in [2.05, 4.69) is 5.32 Å². The summed E-state index contributed by atoms with van der Waals surface area (Å²) in [7, 11) is 0. The Kier molecular flexibility index (Phi) is 7.71. The summed E-state index contributed by atoms with van der Waals surface area (Å²) in [5, 5.41) is 3.14. The molecule has 0 saturated carbocycles. The smallest absolute Gasteiger partial charge is 0.379 e. The minimum Gasteiger partial charge on any atom is -0.379 e. The summed E-state index contributed by atoms with van der Waals surface area (Å²) in [6, 6.07) is 5.07. The van der Waals surface area contributed by atoms with Crippen molar-refractivity contribution in [1.29, 1.82) is 0 Å². The Bertz CT molecular complexity index is 410. The second-order valence-electron chi connectivity index (χ2n) is 4.51. The molecule has 1 aromatic rings. The fourth-order valence-electron chi connectivity index (χ4n) is 1.91. The lowest BCUT2D eigenvalue weighted by Crippen LogP contribution is -2.26. The van der Waals surface area contributed by atoms with Gasteiger partial charge in [0.2, 0.25) is 0 Å². The van der Waals surface area contributed by atoms with E-state index < -0.39 is 11.7 Å². The highest BCUT2D eigenvalue weighted by Crippen LogP contribution is 2.30. The molecule has 0 spiro atoms. The van der Waals surface area contributed by atoms with E-state index in [1.807, 2.05) is 13.8 Å². The quantitative estimate of drug-likeness (QED) is 0.709. The molecule has 0 bridgehead atoms. The minimum absolute atomic E-state index is 0.265. The van der Waals surface area contributed by atoms with Gasteiger partial charge in [0.05, 0.1) is 31.4 Å². The van der Waals surface area contributed by atoms with Crippen LogP contribution in [-0.4, -0.2) is 33.0 Å². The van der Waals surface area contributed by atoms with Gasteiger partial charge < -0.3 is 14.8 Å². The Morgan fingerprint density at radius 1 is 1.14 bits per heavy atom. The van der Waals surface area contributed by atoms with Crippen molar-refractivity contribution in [3.8, 4) is 0 Å². The van der Waals surface area contributed by atoms with Crippen LogP contribution in [0.15, 0.2) is 24.3 Å². The first-order chi connectivity index (χ1) is 9.99. The predicted octanol–water partition coefficient (Wildman–Crippen LogP) is 3.41. The van der Waals surface area contributed by atoms with Crippen LogP contribution in [0.3, 0.4) is 0 Å². The van der Waals surface area contributed by atoms with Crippen molar-refractivity contribution in [3.05, 3.63) is 35.4 Å². The van der Waals surface area contributed by atoms with Crippen LogP contribution in [0.25, 0.3) is 0 Å². The lowest BCUT2D eigenvalue weighted by molar-refractivity contribution is -0.137. The summed E-state index contributed by atoms with van der Waals surface area (Å²) in [5.74, 6) is 0. The molecule has 0 fully saturated rings. The van der Waals surface area contributed by atoms with Gasteiger partial charge in [0.15, 0.2) is 0 Å². The summed E-state index contributed by atoms with van der Waals surface area (Å²) >= 11 is 0. The Balaban J connectivity index is 2.67. The average Bonchev–Trinajstić information content (AvgIpc) is 2.45. The van der Waals surface area contributed by atoms with E-state index in [0.29, 0.717) is 38.5 Å². The molecule has 0 amide bonds. The summed E-state index contributed by atoms with van der Waals surface area (Å²) in [6.45, 7) is 6.28. The second-order valence-corrected chi connectivity index (χ2v) is 4.51. The highest BCUT2D eigenvalue weighted by atomic mass is 19.4. The number of nitrogens with one attached hydrogen (secondary N) is 1. The van der Waals surface area contributed by atoms with E-state index in [0.717, 1.165) is 6.07 Å². The molecule has 0 aliphatic heterocycles. The van der Waals surface area contributed by atoms with Crippen LogP contribution in [-0.2, 0) is 15.7 Å². The van der Waals surface area contributed by atoms with Gasteiger partial charge in [-0.15, -0.1) is 0 Å². The van der Waals surface area contributed by atoms with Crippen molar-refractivity contribution < 1.29 is 22.6 Å². The lowest BCUT2D eigenvalue weighted by atomic mass is 10.0. The zero-order valence-electron chi connectivity index (χ0n) is 12.4. The van der Waals surface area contributed by atoms with Crippen molar-refractivity contribution in [2.45, 2.75) is 26.1 Å². The van der Waals surface area contributed by atoms with E-state index in [1.54, 1.807) is 6.07 Å². The van der Waals surface area contributed by atoms with Gasteiger partial charge in [-0.05, 0) is 31.2 Å². The first-order valence-corrected chi connectivity index (χ1v) is 7.05. The van der Waals surface area contributed by atoms with Crippen LogP contribution in [0.1, 0.15) is 31.0 Å². The second kappa shape index (κ2) is 9.02. The predicted molar refractivity (Wildman–Crippen MR) is 75.2 cm³/mol. The summed E-state index contributed by atoms with van der Waals surface area (Å²) in [5.41, 5.74) is -0.0692. The van der Waals surface area contributed by atoms with E-state index in [9.17, 15) is 13.2 Å². The summed E-state index contributed by atoms with van der Waals surface area (Å²) in [4.78, 5) is 0. The molecule has 1 aromatic carbocycles. The molecule has 1 unspecified atom stereocenters. The zero-order chi connectivity index (χ0) is 15.7. The largest absolute Gasteiger partial charge is 0.416 e. The lowest BCUT2D eigenvalue weighted by Gasteiger charge is -2.19. The number of likely N-dealkylation sites (N-methyl/N-ethyl adjacent to an activating group) is 1. The third kappa shape index (κ3) is 6.46. The van der Waals surface area contributed by atoms with Gasteiger partial charge in [0, 0.05) is 6.61 Å². The summed E-state index contributed by atoms with van der Waals surface area (Å²) in [6.07, 6.45) is -4.33. The van der Waals surface area contributed by atoms with Crippen molar-refractivity contribution in [2.24, 2.45) is 0 Å². The molecule has 0 aliphatic rings. The van der Waals surface area contributed by atoms with Crippen LogP contribution < -0.4 is 5.32 Å². The van der Waals surface area contributed by atoms with Gasteiger partial charge in [0.1, 0.15) is 0 Å². The van der Waals surface area contributed by atoms with Crippen LogP contribution in [0.4, 0.5) is 13.2 Å². The van der Waals surface area contributed by atoms with Crippen molar-refractivity contribution in [3.63, 3.8) is 0 Å². The van der Waals surface area contributed by atoms with E-state index >= 15 is 0 Å². The minimum atomic E-state index is -4.33. The normalized spacial score (nSPS) is 13.4. The molecule has 0 aromatic heterocycles. The SMILES string of the molecule is CCNC(COCCOCC)c1cccc(C(F)(F)F)c1. The number of ether oxygens (including phenoxy) is 2. The number of hydrogen-bond donors (Lipinski definition) is 1. The van der Waals surface area contributed by atoms with Gasteiger partial charge in [-0.25, -0.2) is 0 Å². The van der Waals surface area contributed by atoms with Gasteiger partial charge in [-0.2, -0.15) is 13.2 Å². The number of benzene rings is 1. The molecular formula is C15H22F3NO2. The molecular weight excluding hydrogens is 283 g/mol. The molecule has 0 aliphatic carbocycles. The van der Waals surface area contributed by atoms with Crippen LogP contribution >= 0.6 is 0 Å². The highest BCUT2D eigenvalue weighted by molar-refractivity contribution is 5.28. The Morgan fingerprint density at radius 3 is 2.48 bits per heavy atom. The highest BCUT2D eigenvalue weighted by Gasteiger charge is 2.30. The number of hydrogen-bond acceptors (Lipinski definition) is 3. The number of rotatable bonds is 9. The molecule has 1 atom stereocenters. The number of halogens is 3. The van der Waals surface area contributed by atoms with Gasteiger partial charge in [-0.3, -0.25) is 0 Å². The van der Waals surface area contributed by atoms with E-state index in [1.165, 1.54) is 12.1 Å². The molecule has 0 radical (unpaired) electrons. The van der Waals surface area contributed by atoms with Gasteiger partial charge in [0.25, 0.3) is 0 Å². The van der Waals surface area contributed by atoms with Gasteiger partial charge in [-0.1, -0.05) is 19.1 Å². The molecule has 1 rings (SSSR count). The Hall–Kier alpha value is -1.11. The Morgan fingerprint density at radius 2 is 1.86 bits per heavy atom. The fraction of sp³-hybridized carbons (Fsp3) is 0.600. The van der Waals surface area contributed by atoms with Crippen LogP contribution in [0.2, 0.25) is 0 Å². The molecule has 0 heterocycles. The zero-order valence-corrected chi connectivity index (χ0v) is 12.4. The molecule has 0 saturated heterocycles. The monoisotopic (exact) mass is 305 g/mol. The van der Waals surface area contributed by atoms with E-state index in [4.69, 9.17) is 9.47 Å². The first kappa shape index (κ1) is 17.9. The van der Waals surface area contributed by atoms with Crippen LogP contribution in [0.5, 0.6) is 0 Å². The van der Waals surface area contributed by atoms with Crippen LogP contribution in [0, 0.1) is 0 Å². The third-order valence-electron chi connectivity index (χ3n) is 2.93. The van der Waals surface area contributed by atoms with Gasteiger partial charge >= 0.3 is 6.18 Å². The van der Waals surface area contributed by atoms with Crippen molar-refractivity contribution in [2.75, 3.05) is 33.0 Å². The third-order valence-corrected chi connectivity index (χ3v) is 2.93. The fourth-order valence-corrected chi connectivity index (χ4v) is 1.91. The maximum absolute atomic E-state index is 12.7. The van der Waals surface area contributed by atoms with Crippen molar-refractivity contribution in [1.82, 2.24) is 5.32 Å². The molecule has 3 nitrogen and oxygen atoms in total. The summed E-state index contributed by atoms with van der Waals surface area (Å²) < 4.78 is 48.8.